The number of oxime groups is 1. The SMILES string of the molecule is CC1CCC(NS(=O)(=O)c2ccc3c(c2)/C(=N/O)c2cc(S(=O)(=O)NC4CCC(C(F)(F)F)CC4)ccc2-3)CC1. The van der Waals surface area contributed by atoms with Crippen LogP contribution in [0.25, 0.3) is 11.1 Å². The second kappa shape index (κ2) is 10.7. The zero-order valence-electron chi connectivity index (χ0n) is 21.9. The third-order valence-corrected chi connectivity index (χ3v) is 11.4. The van der Waals surface area contributed by atoms with Gasteiger partial charge in [-0.15, -0.1) is 0 Å². The summed E-state index contributed by atoms with van der Waals surface area (Å²) in [5.41, 5.74) is 1.87. The lowest BCUT2D eigenvalue weighted by atomic mass is 9.86. The maximum atomic E-state index is 13.1. The summed E-state index contributed by atoms with van der Waals surface area (Å²) in [4.78, 5) is -0.109. The van der Waals surface area contributed by atoms with Gasteiger partial charge in [0.1, 0.15) is 5.71 Å². The highest BCUT2D eigenvalue weighted by Crippen LogP contribution is 2.40. The predicted molar refractivity (Wildman–Crippen MR) is 143 cm³/mol. The molecular formula is C27H32F3N3O5S2. The minimum atomic E-state index is -4.29. The molecule has 0 saturated heterocycles. The molecule has 5 rings (SSSR count). The fourth-order valence-electron chi connectivity index (χ4n) is 5.99. The minimum Gasteiger partial charge on any atom is -0.410 e. The van der Waals surface area contributed by atoms with E-state index >= 15 is 0 Å². The van der Waals surface area contributed by atoms with Gasteiger partial charge in [-0.25, -0.2) is 26.3 Å². The number of nitrogens with zero attached hydrogens (tertiary/aromatic N) is 1. The average Bonchev–Trinajstić information content (AvgIpc) is 3.21. The van der Waals surface area contributed by atoms with Crippen LogP contribution in [0.4, 0.5) is 13.2 Å². The standard InChI is InChI=1S/C27H32F3N3O5S2/c1-16-2-6-18(7-3-16)32-39(35,36)20-10-12-22-23-13-11-21(15-25(23)26(31-34)24(22)14-20)40(37,38)33-19-8-4-17(5-9-19)27(28,29)30/h10-19,32-34H,2-9H2,1H3/b31-26-. The number of hydrogen-bond acceptors (Lipinski definition) is 6. The van der Waals surface area contributed by atoms with E-state index in [1.807, 2.05) is 0 Å². The number of fused-ring (bicyclic) bond motifs is 3. The Bertz CT molecular complexity index is 1520. The molecule has 13 heteroatoms. The molecular weight excluding hydrogens is 567 g/mol. The second-order valence-corrected chi connectivity index (χ2v) is 14.6. The number of halogens is 3. The second-order valence-electron chi connectivity index (χ2n) is 11.2. The zero-order valence-corrected chi connectivity index (χ0v) is 23.5. The maximum Gasteiger partial charge on any atom is 0.391 e. The number of benzene rings is 2. The van der Waals surface area contributed by atoms with Gasteiger partial charge < -0.3 is 5.21 Å². The summed E-state index contributed by atoms with van der Waals surface area (Å²) in [6.45, 7) is 2.15. The van der Waals surface area contributed by atoms with E-state index < -0.39 is 38.2 Å². The van der Waals surface area contributed by atoms with Gasteiger partial charge in [0.05, 0.1) is 15.7 Å². The van der Waals surface area contributed by atoms with Crippen molar-refractivity contribution in [2.45, 2.75) is 86.3 Å². The molecule has 0 aromatic heterocycles. The van der Waals surface area contributed by atoms with E-state index in [0.29, 0.717) is 28.2 Å². The highest BCUT2D eigenvalue weighted by Gasteiger charge is 2.42. The number of alkyl halides is 3. The Kier molecular flexibility index (Phi) is 7.79. The van der Waals surface area contributed by atoms with E-state index in [1.165, 1.54) is 24.3 Å². The number of hydrogen-bond donors (Lipinski definition) is 3. The van der Waals surface area contributed by atoms with E-state index in [-0.39, 0.29) is 47.2 Å². The normalized spacial score (nSPS) is 26.4. The third-order valence-electron chi connectivity index (χ3n) is 8.35. The summed E-state index contributed by atoms with van der Waals surface area (Å²) in [6.07, 6.45) is -1.00. The largest absolute Gasteiger partial charge is 0.410 e. The van der Waals surface area contributed by atoms with Crippen LogP contribution < -0.4 is 9.44 Å². The molecule has 218 valence electrons. The summed E-state index contributed by atoms with van der Waals surface area (Å²) in [5, 5.41) is 13.2. The van der Waals surface area contributed by atoms with Crippen LogP contribution in [-0.4, -0.2) is 46.0 Å². The van der Waals surface area contributed by atoms with Gasteiger partial charge in [0.15, 0.2) is 0 Å². The molecule has 0 bridgehead atoms. The molecule has 0 aliphatic heterocycles. The Morgan fingerprint density at radius 3 is 1.55 bits per heavy atom. The average molecular weight is 600 g/mol. The smallest absolute Gasteiger partial charge is 0.391 e. The van der Waals surface area contributed by atoms with Gasteiger partial charge in [-0.05, 0) is 92.7 Å². The molecule has 8 nitrogen and oxygen atoms in total. The Morgan fingerprint density at radius 2 is 1.15 bits per heavy atom. The molecule has 3 aliphatic carbocycles. The lowest BCUT2D eigenvalue weighted by molar-refractivity contribution is -0.182. The molecule has 2 fully saturated rings. The predicted octanol–water partition coefficient (Wildman–Crippen LogP) is 5.15. The quantitative estimate of drug-likeness (QED) is 0.267. The van der Waals surface area contributed by atoms with Crippen LogP contribution in [0.3, 0.4) is 0 Å². The summed E-state index contributed by atoms with van der Waals surface area (Å²) in [5.74, 6) is -0.860. The zero-order chi connectivity index (χ0) is 28.9. The molecule has 0 heterocycles. The Labute approximate surface area is 232 Å². The van der Waals surface area contributed by atoms with Gasteiger partial charge in [-0.1, -0.05) is 24.2 Å². The van der Waals surface area contributed by atoms with Crippen LogP contribution in [0.15, 0.2) is 51.3 Å². The van der Waals surface area contributed by atoms with Gasteiger partial charge >= 0.3 is 6.18 Å². The minimum absolute atomic E-state index is 0.0165. The van der Waals surface area contributed by atoms with Gasteiger partial charge in [-0.3, -0.25) is 0 Å². The van der Waals surface area contributed by atoms with E-state index in [1.54, 1.807) is 12.1 Å². The van der Waals surface area contributed by atoms with E-state index in [4.69, 9.17) is 0 Å². The van der Waals surface area contributed by atoms with Gasteiger partial charge in [-0.2, -0.15) is 13.2 Å². The highest BCUT2D eigenvalue weighted by molar-refractivity contribution is 7.89. The highest BCUT2D eigenvalue weighted by atomic mass is 32.2. The molecule has 2 aromatic carbocycles. The first-order chi connectivity index (χ1) is 18.8. The molecule has 3 aliphatic rings. The van der Waals surface area contributed by atoms with Crippen LogP contribution in [0.1, 0.15) is 69.4 Å². The van der Waals surface area contributed by atoms with Crippen molar-refractivity contribution in [1.29, 1.82) is 0 Å². The molecule has 0 atom stereocenters. The van der Waals surface area contributed by atoms with Crippen LogP contribution in [0, 0.1) is 11.8 Å². The first kappa shape index (κ1) is 29.0. The molecule has 2 aromatic rings. The van der Waals surface area contributed by atoms with Crippen molar-refractivity contribution in [3.63, 3.8) is 0 Å². The third kappa shape index (κ3) is 5.79. The first-order valence-electron chi connectivity index (χ1n) is 13.4. The lowest BCUT2D eigenvalue weighted by Crippen LogP contribution is -2.40. The molecule has 0 spiro atoms. The molecule has 3 N–H and O–H groups in total. The maximum absolute atomic E-state index is 13.1. The van der Waals surface area contributed by atoms with Crippen LogP contribution in [0.5, 0.6) is 0 Å². The topological polar surface area (TPSA) is 125 Å². The van der Waals surface area contributed by atoms with Crippen LogP contribution in [0.2, 0.25) is 0 Å². The van der Waals surface area contributed by atoms with Gasteiger partial charge in [0.25, 0.3) is 0 Å². The summed E-state index contributed by atoms with van der Waals surface area (Å²) in [7, 11) is -7.92. The Morgan fingerprint density at radius 1 is 0.725 bits per heavy atom. The molecule has 40 heavy (non-hydrogen) atoms. The summed E-state index contributed by atoms with van der Waals surface area (Å²) in [6, 6.07) is 8.00. The fourth-order valence-corrected chi connectivity index (χ4v) is 8.65. The van der Waals surface area contributed by atoms with E-state index in [2.05, 4.69) is 21.5 Å². The van der Waals surface area contributed by atoms with Crippen molar-refractivity contribution in [3.8, 4) is 11.1 Å². The van der Waals surface area contributed by atoms with Crippen molar-refractivity contribution in [3.05, 3.63) is 47.5 Å². The fraction of sp³-hybridized carbons (Fsp3) is 0.519. The Hall–Kier alpha value is -2.48. The molecule has 0 radical (unpaired) electrons. The molecule has 0 unspecified atom stereocenters. The van der Waals surface area contributed by atoms with Crippen LogP contribution >= 0.6 is 0 Å². The van der Waals surface area contributed by atoms with Crippen molar-refractivity contribution in [2.24, 2.45) is 17.0 Å². The van der Waals surface area contributed by atoms with Crippen molar-refractivity contribution >= 4 is 25.8 Å². The van der Waals surface area contributed by atoms with Gasteiger partial charge in [0, 0.05) is 23.2 Å². The van der Waals surface area contributed by atoms with Crippen molar-refractivity contribution in [1.82, 2.24) is 9.44 Å². The summed E-state index contributed by atoms with van der Waals surface area (Å²) >= 11 is 0. The van der Waals surface area contributed by atoms with Gasteiger partial charge in [0.2, 0.25) is 20.0 Å². The van der Waals surface area contributed by atoms with Crippen molar-refractivity contribution < 1.29 is 35.2 Å². The first-order valence-corrected chi connectivity index (χ1v) is 16.4. The molecule has 0 amide bonds. The number of sulfonamides is 2. The van der Waals surface area contributed by atoms with E-state index in [9.17, 15) is 35.2 Å². The lowest BCUT2D eigenvalue weighted by Gasteiger charge is -2.30. The number of nitrogens with one attached hydrogen (secondary N) is 2. The number of rotatable bonds is 6. The monoisotopic (exact) mass is 599 g/mol. The van der Waals surface area contributed by atoms with E-state index in [0.717, 1.165) is 25.7 Å². The van der Waals surface area contributed by atoms with Crippen LogP contribution in [-0.2, 0) is 20.0 Å². The molecule has 2 saturated carbocycles. The summed E-state index contributed by atoms with van der Waals surface area (Å²) < 4.78 is 96.7. The van der Waals surface area contributed by atoms with Crippen molar-refractivity contribution in [2.75, 3.05) is 0 Å². The Balaban J connectivity index is 1.36.